The minimum absolute atomic E-state index is 0.0219. The number of hydrogen-bond acceptors (Lipinski definition) is 5. The number of nitrogens with zero attached hydrogens (tertiary/aromatic N) is 2. The van der Waals surface area contributed by atoms with Gasteiger partial charge in [-0.25, -0.2) is 22.2 Å². The van der Waals surface area contributed by atoms with Gasteiger partial charge in [-0.15, -0.1) is 0 Å². The molecule has 1 unspecified atom stereocenters. The van der Waals surface area contributed by atoms with E-state index in [9.17, 15) is 22.0 Å². The molecule has 1 heterocycles. The second kappa shape index (κ2) is 9.11. The number of hydrogen-bond donors (Lipinski definition) is 2. The van der Waals surface area contributed by atoms with Crippen molar-refractivity contribution in [3.8, 4) is 5.69 Å². The van der Waals surface area contributed by atoms with E-state index in [1.807, 2.05) is 24.3 Å². The van der Waals surface area contributed by atoms with Crippen LogP contribution in [0.5, 0.6) is 0 Å². The molecule has 36 heavy (non-hydrogen) atoms. The Bertz CT molecular complexity index is 1610. The van der Waals surface area contributed by atoms with Crippen LogP contribution in [0.4, 0.5) is 14.5 Å². The Kier molecular flexibility index (Phi) is 6.09. The fraction of sp³-hybridized carbons (Fsp3) is 0.231. The standard InChI is InChI=1S/C26H24F2N4O3S/c1-36(34,35)31-20-6-9-22-24(14-20)30-25(23(29)12-15-10-18(27)13-19(28)11-15)32(26(22)33)21-7-4-17(5-8-21)16-2-3-16/h4-11,13-14,16,23,31H,2-3,12,29H2,1H3. The van der Waals surface area contributed by atoms with Crippen LogP contribution in [-0.4, -0.2) is 24.2 Å². The fourth-order valence-corrected chi connectivity index (χ4v) is 4.92. The number of fused-ring (bicyclic) bond motifs is 1. The molecule has 1 aromatic heterocycles. The van der Waals surface area contributed by atoms with Crippen molar-refractivity contribution in [2.45, 2.75) is 31.2 Å². The minimum atomic E-state index is -3.55. The first-order valence-corrected chi connectivity index (χ1v) is 13.3. The molecule has 0 aliphatic heterocycles. The molecule has 186 valence electrons. The summed E-state index contributed by atoms with van der Waals surface area (Å²) in [7, 11) is -3.55. The number of nitrogens with one attached hydrogen (secondary N) is 1. The van der Waals surface area contributed by atoms with Gasteiger partial charge in [0.1, 0.15) is 17.5 Å². The zero-order valence-electron chi connectivity index (χ0n) is 19.4. The fourth-order valence-electron chi connectivity index (χ4n) is 4.36. The van der Waals surface area contributed by atoms with E-state index in [0.717, 1.165) is 25.2 Å². The number of sulfonamides is 1. The predicted molar refractivity (Wildman–Crippen MR) is 135 cm³/mol. The van der Waals surface area contributed by atoms with E-state index in [-0.39, 0.29) is 34.4 Å². The molecule has 5 rings (SSSR count). The highest BCUT2D eigenvalue weighted by Gasteiger charge is 2.24. The highest BCUT2D eigenvalue weighted by atomic mass is 32.2. The second-order valence-electron chi connectivity index (χ2n) is 9.17. The van der Waals surface area contributed by atoms with Gasteiger partial charge in [-0.2, -0.15) is 0 Å². The number of halogens is 2. The monoisotopic (exact) mass is 510 g/mol. The first kappa shape index (κ1) is 24.1. The van der Waals surface area contributed by atoms with E-state index in [1.54, 1.807) is 0 Å². The molecular formula is C26H24F2N4O3S. The molecule has 0 radical (unpaired) electrons. The first-order valence-electron chi connectivity index (χ1n) is 11.4. The van der Waals surface area contributed by atoms with Gasteiger partial charge in [0.05, 0.1) is 34.6 Å². The van der Waals surface area contributed by atoms with Gasteiger partial charge in [-0.3, -0.25) is 14.1 Å². The van der Waals surface area contributed by atoms with Crippen LogP contribution in [0, 0.1) is 11.6 Å². The summed E-state index contributed by atoms with van der Waals surface area (Å²) in [5, 5.41) is 0.271. The Morgan fingerprint density at radius 3 is 2.33 bits per heavy atom. The molecule has 0 saturated heterocycles. The van der Waals surface area contributed by atoms with Crippen LogP contribution < -0.4 is 16.0 Å². The van der Waals surface area contributed by atoms with Crippen molar-refractivity contribution >= 4 is 26.6 Å². The normalized spacial score (nSPS) is 14.7. The molecular weight excluding hydrogens is 486 g/mol. The molecule has 1 aliphatic carbocycles. The molecule has 0 bridgehead atoms. The maximum absolute atomic E-state index is 13.8. The van der Waals surface area contributed by atoms with Crippen LogP contribution in [0.1, 0.15) is 41.8 Å². The molecule has 10 heteroatoms. The molecule has 1 fully saturated rings. The number of rotatable bonds is 7. The van der Waals surface area contributed by atoms with E-state index in [1.165, 1.54) is 40.5 Å². The highest BCUT2D eigenvalue weighted by Crippen LogP contribution is 2.40. The molecule has 1 saturated carbocycles. The third-order valence-corrected chi connectivity index (χ3v) is 6.71. The van der Waals surface area contributed by atoms with E-state index < -0.39 is 27.7 Å². The molecule has 7 nitrogen and oxygen atoms in total. The van der Waals surface area contributed by atoms with Crippen LogP contribution in [0.25, 0.3) is 16.6 Å². The SMILES string of the molecule is CS(=O)(=O)Nc1ccc2c(=O)n(-c3ccc(C4CC4)cc3)c(C(N)Cc3cc(F)cc(F)c3)nc2c1. The van der Waals surface area contributed by atoms with Crippen molar-refractivity contribution < 1.29 is 17.2 Å². The van der Waals surface area contributed by atoms with Gasteiger partial charge < -0.3 is 5.73 Å². The summed E-state index contributed by atoms with van der Waals surface area (Å²) in [5.74, 6) is -0.731. The summed E-state index contributed by atoms with van der Waals surface area (Å²) < 4.78 is 54.7. The van der Waals surface area contributed by atoms with Crippen molar-refractivity contribution in [3.05, 3.63) is 99.6 Å². The van der Waals surface area contributed by atoms with Gasteiger partial charge in [0.2, 0.25) is 10.0 Å². The van der Waals surface area contributed by atoms with Gasteiger partial charge in [-0.05, 0) is 78.8 Å². The van der Waals surface area contributed by atoms with Crippen molar-refractivity contribution in [2.75, 3.05) is 11.0 Å². The van der Waals surface area contributed by atoms with E-state index in [2.05, 4.69) is 9.71 Å². The van der Waals surface area contributed by atoms with Gasteiger partial charge >= 0.3 is 0 Å². The van der Waals surface area contributed by atoms with Crippen LogP contribution in [-0.2, 0) is 16.4 Å². The zero-order valence-corrected chi connectivity index (χ0v) is 20.2. The number of anilines is 1. The first-order chi connectivity index (χ1) is 17.1. The summed E-state index contributed by atoms with van der Waals surface area (Å²) >= 11 is 0. The summed E-state index contributed by atoms with van der Waals surface area (Å²) in [6, 6.07) is 14.3. The maximum Gasteiger partial charge on any atom is 0.266 e. The topological polar surface area (TPSA) is 107 Å². The predicted octanol–water partition coefficient (Wildman–Crippen LogP) is 4.16. The number of benzene rings is 3. The quantitative estimate of drug-likeness (QED) is 0.388. The van der Waals surface area contributed by atoms with Gasteiger partial charge in [0.25, 0.3) is 5.56 Å². The zero-order chi connectivity index (χ0) is 25.6. The molecule has 1 atom stereocenters. The summed E-state index contributed by atoms with van der Waals surface area (Å²) in [5.41, 5.74) is 8.65. The van der Waals surface area contributed by atoms with E-state index in [0.29, 0.717) is 17.2 Å². The minimum Gasteiger partial charge on any atom is -0.321 e. The Hall–Kier alpha value is -3.63. The molecule has 1 aliphatic rings. The molecule has 3 aromatic carbocycles. The molecule has 3 N–H and O–H groups in total. The van der Waals surface area contributed by atoms with Crippen LogP contribution >= 0.6 is 0 Å². The third kappa shape index (κ3) is 5.14. The van der Waals surface area contributed by atoms with Crippen LogP contribution in [0.3, 0.4) is 0 Å². The van der Waals surface area contributed by atoms with E-state index in [4.69, 9.17) is 5.73 Å². The Morgan fingerprint density at radius 1 is 1.06 bits per heavy atom. The van der Waals surface area contributed by atoms with Crippen molar-refractivity contribution in [1.29, 1.82) is 0 Å². The average Bonchev–Trinajstić information content (AvgIpc) is 3.63. The Balaban J connectivity index is 1.65. The van der Waals surface area contributed by atoms with Gasteiger partial charge in [0, 0.05) is 6.07 Å². The van der Waals surface area contributed by atoms with Crippen molar-refractivity contribution in [1.82, 2.24) is 9.55 Å². The summed E-state index contributed by atoms with van der Waals surface area (Å²) in [4.78, 5) is 18.3. The molecule has 0 spiro atoms. The van der Waals surface area contributed by atoms with Crippen molar-refractivity contribution in [3.63, 3.8) is 0 Å². The third-order valence-electron chi connectivity index (χ3n) is 6.11. The second-order valence-corrected chi connectivity index (χ2v) is 10.9. The lowest BCUT2D eigenvalue weighted by Crippen LogP contribution is -2.29. The lowest BCUT2D eigenvalue weighted by atomic mass is 10.0. The average molecular weight is 511 g/mol. The largest absolute Gasteiger partial charge is 0.321 e. The van der Waals surface area contributed by atoms with E-state index >= 15 is 0 Å². The lowest BCUT2D eigenvalue weighted by Gasteiger charge is -2.19. The highest BCUT2D eigenvalue weighted by molar-refractivity contribution is 7.92. The molecule has 4 aromatic rings. The maximum atomic E-state index is 13.8. The molecule has 0 amide bonds. The number of nitrogens with two attached hydrogens (primary N) is 1. The summed E-state index contributed by atoms with van der Waals surface area (Å²) in [6.45, 7) is 0. The summed E-state index contributed by atoms with van der Waals surface area (Å²) in [6.07, 6.45) is 3.32. The number of aromatic nitrogens is 2. The van der Waals surface area contributed by atoms with Crippen LogP contribution in [0.15, 0.2) is 65.5 Å². The van der Waals surface area contributed by atoms with Gasteiger partial charge in [-0.1, -0.05) is 12.1 Å². The van der Waals surface area contributed by atoms with Crippen LogP contribution in [0.2, 0.25) is 0 Å². The van der Waals surface area contributed by atoms with Gasteiger partial charge in [0.15, 0.2) is 0 Å². The Labute approximate surface area is 206 Å². The Morgan fingerprint density at radius 2 is 1.72 bits per heavy atom. The van der Waals surface area contributed by atoms with Crippen molar-refractivity contribution in [2.24, 2.45) is 5.73 Å². The smallest absolute Gasteiger partial charge is 0.266 e. The lowest BCUT2D eigenvalue weighted by molar-refractivity contribution is 0.572.